The lowest BCUT2D eigenvalue weighted by atomic mass is 10.2. The van der Waals surface area contributed by atoms with E-state index in [1.807, 2.05) is 31.2 Å². The topological polar surface area (TPSA) is 67.6 Å². The van der Waals surface area contributed by atoms with E-state index in [9.17, 15) is 4.79 Å². The van der Waals surface area contributed by atoms with Crippen molar-refractivity contribution in [2.45, 2.75) is 19.4 Å². The fourth-order valence-electron chi connectivity index (χ4n) is 1.53. The number of benzene rings is 1. The van der Waals surface area contributed by atoms with Crippen molar-refractivity contribution in [3.63, 3.8) is 0 Å². The number of rotatable bonds is 8. The van der Waals surface area contributed by atoms with Crippen molar-refractivity contribution in [1.29, 1.82) is 0 Å². The minimum atomic E-state index is -0.561. The number of anilines is 1. The summed E-state index contributed by atoms with van der Waals surface area (Å²) >= 11 is 1.77. The van der Waals surface area contributed by atoms with E-state index in [1.165, 1.54) is 0 Å². The summed E-state index contributed by atoms with van der Waals surface area (Å²) in [6, 6.07) is 6.70. The normalized spacial score (nSPS) is 12.0. The predicted octanol–water partition coefficient (Wildman–Crippen LogP) is 1.63. The van der Waals surface area contributed by atoms with Gasteiger partial charge in [-0.3, -0.25) is 0 Å². The average Bonchev–Trinajstić information content (AvgIpc) is 2.47. The number of nitrogens with zero attached hydrogens (tertiary/aromatic N) is 1. The highest BCUT2D eigenvalue weighted by Gasteiger charge is 2.15. The summed E-state index contributed by atoms with van der Waals surface area (Å²) in [4.78, 5) is 11.8. The van der Waals surface area contributed by atoms with Crippen molar-refractivity contribution in [2.24, 2.45) is 5.73 Å². The van der Waals surface area contributed by atoms with E-state index in [0.29, 0.717) is 12.2 Å². The predicted molar refractivity (Wildman–Crippen MR) is 85.1 cm³/mol. The van der Waals surface area contributed by atoms with E-state index in [0.717, 1.165) is 17.2 Å². The Balaban J connectivity index is 2.49. The molecule has 5 nitrogen and oxygen atoms in total. The van der Waals surface area contributed by atoms with Gasteiger partial charge in [0.15, 0.2) is 0 Å². The Bertz CT molecular complexity index is 411. The summed E-state index contributed by atoms with van der Waals surface area (Å²) in [5.74, 6) is 2.04. The number of ether oxygens (including phenoxy) is 1. The first kappa shape index (κ1) is 16.8. The summed E-state index contributed by atoms with van der Waals surface area (Å²) in [6.45, 7) is 2.08. The van der Waals surface area contributed by atoms with E-state index in [2.05, 4.69) is 12.3 Å². The molecule has 6 heteroatoms. The summed E-state index contributed by atoms with van der Waals surface area (Å²) in [5.41, 5.74) is 9.77. The van der Waals surface area contributed by atoms with E-state index in [-0.39, 0.29) is 5.97 Å². The fraction of sp³-hybridized carbons (Fsp3) is 0.500. The van der Waals surface area contributed by atoms with Crippen molar-refractivity contribution in [3.05, 3.63) is 24.3 Å². The molecule has 0 saturated heterocycles. The van der Waals surface area contributed by atoms with Gasteiger partial charge in [0.1, 0.15) is 11.8 Å². The van der Waals surface area contributed by atoms with Gasteiger partial charge in [0.2, 0.25) is 0 Å². The molecule has 1 rings (SSSR count). The minimum Gasteiger partial charge on any atom is -0.425 e. The molecule has 0 amide bonds. The Morgan fingerprint density at radius 1 is 1.45 bits per heavy atom. The molecule has 0 aliphatic carbocycles. The number of carbonyl (C=O) groups is 1. The lowest BCUT2D eigenvalue weighted by molar-refractivity contribution is -0.135. The molecular formula is C14H23N3O2S. The molecule has 0 fully saturated rings. The third-order valence-electron chi connectivity index (χ3n) is 2.86. The van der Waals surface area contributed by atoms with E-state index in [4.69, 9.17) is 10.5 Å². The van der Waals surface area contributed by atoms with Crippen LogP contribution in [-0.2, 0) is 4.79 Å². The van der Waals surface area contributed by atoms with Crippen LogP contribution in [0.1, 0.15) is 13.3 Å². The number of hydrogen-bond donors (Lipinski definition) is 2. The molecule has 1 atom stereocenters. The zero-order valence-electron chi connectivity index (χ0n) is 12.3. The summed E-state index contributed by atoms with van der Waals surface area (Å²) in [6.07, 6.45) is 0.637. The highest BCUT2D eigenvalue weighted by molar-refractivity contribution is 7.99. The van der Waals surface area contributed by atoms with Crippen LogP contribution in [0.2, 0.25) is 0 Å². The van der Waals surface area contributed by atoms with Crippen LogP contribution < -0.4 is 20.9 Å². The number of hydrazine groups is 1. The van der Waals surface area contributed by atoms with Gasteiger partial charge in [-0.1, -0.05) is 6.92 Å². The Labute approximate surface area is 124 Å². The summed E-state index contributed by atoms with van der Waals surface area (Å²) in [5, 5.41) is 1.86. The van der Waals surface area contributed by atoms with Gasteiger partial charge in [-0.2, -0.15) is 11.8 Å². The van der Waals surface area contributed by atoms with E-state index < -0.39 is 6.04 Å². The van der Waals surface area contributed by atoms with Gasteiger partial charge in [-0.25, -0.2) is 10.2 Å². The van der Waals surface area contributed by atoms with Crippen LogP contribution >= 0.6 is 11.8 Å². The second kappa shape index (κ2) is 8.84. The number of carbonyl (C=O) groups excluding carboxylic acids is 1. The number of thioether (sulfide) groups is 1. The molecule has 20 heavy (non-hydrogen) atoms. The highest BCUT2D eigenvalue weighted by atomic mass is 32.2. The largest absolute Gasteiger partial charge is 0.425 e. The van der Waals surface area contributed by atoms with Crippen molar-refractivity contribution in [2.75, 3.05) is 30.6 Å². The third-order valence-corrected chi connectivity index (χ3v) is 3.79. The highest BCUT2D eigenvalue weighted by Crippen LogP contribution is 2.18. The van der Waals surface area contributed by atoms with Crippen molar-refractivity contribution in [3.8, 4) is 5.75 Å². The van der Waals surface area contributed by atoms with Crippen molar-refractivity contribution < 1.29 is 9.53 Å². The minimum absolute atomic E-state index is 0.378. The Morgan fingerprint density at radius 3 is 2.65 bits per heavy atom. The number of nitrogens with two attached hydrogens (primary N) is 1. The molecule has 0 aliphatic heterocycles. The van der Waals surface area contributed by atoms with Gasteiger partial charge in [-0.05, 0) is 42.2 Å². The van der Waals surface area contributed by atoms with Gasteiger partial charge in [0, 0.05) is 14.1 Å². The lowest BCUT2D eigenvalue weighted by Gasteiger charge is -2.17. The van der Waals surface area contributed by atoms with E-state index in [1.54, 1.807) is 23.9 Å². The molecule has 1 aromatic carbocycles. The second-order valence-corrected chi connectivity index (χ2v) is 5.68. The monoisotopic (exact) mass is 297 g/mol. The first-order chi connectivity index (χ1) is 9.58. The molecule has 1 aromatic rings. The Kier molecular flexibility index (Phi) is 7.43. The molecule has 0 aromatic heterocycles. The zero-order valence-corrected chi connectivity index (χ0v) is 13.1. The standard InChI is InChI=1S/C14H23N3O2S/c1-4-20-10-9-13(15)14(18)19-12-7-5-11(6-8-12)17(3)16-2/h5-8,13,16H,4,9-10,15H2,1-3H3/t13-/m0/s1. The van der Waals surface area contributed by atoms with E-state index >= 15 is 0 Å². The first-order valence-corrected chi connectivity index (χ1v) is 7.80. The molecule has 0 spiro atoms. The molecule has 0 aliphatic rings. The molecule has 112 valence electrons. The van der Waals surface area contributed by atoms with Gasteiger partial charge in [-0.15, -0.1) is 0 Å². The van der Waals surface area contributed by atoms with Gasteiger partial charge >= 0.3 is 5.97 Å². The van der Waals surface area contributed by atoms with Crippen LogP contribution in [0, 0.1) is 0 Å². The number of nitrogens with one attached hydrogen (secondary N) is 1. The summed E-state index contributed by atoms with van der Waals surface area (Å²) < 4.78 is 5.26. The molecule has 0 heterocycles. The molecular weight excluding hydrogens is 274 g/mol. The molecule has 0 bridgehead atoms. The lowest BCUT2D eigenvalue weighted by Crippen LogP contribution is -2.34. The van der Waals surface area contributed by atoms with Gasteiger partial charge < -0.3 is 15.5 Å². The van der Waals surface area contributed by atoms with Gasteiger partial charge in [0.25, 0.3) is 0 Å². The van der Waals surface area contributed by atoms with Gasteiger partial charge in [0.05, 0.1) is 5.69 Å². The fourth-order valence-corrected chi connectivity index (χ4v) is 2.24. The van der Waals surface area contributed by atoms with Crippen LogP contribution in [0.3, 0.4) is 0 Å². The first-order valence-electron chi connectivity index (χ1n) is 6.64. The van der Waals surface area contributed by atoms with Crippen LogP contribution in [0.4, 0.5) is 5.69 Å². The number of hydrogen-bond acceptors (Lipinski definition) is 6. The number of esters is 1. The maximum atomic E-state index is 11.8. The molecule has 0 radical (unpaired) electrons. The third kappa shape index (κ3) is 5.40. The van der Waals surface area contributed by atoms with Crippen molar-refractivity contribution >= 4 is 23.4 Å². The van der Waals surface area contributed by atoms with Crippen LogP contribution in [-0.4, -0.2) is 37.6 Å². The SMILES string of the molecule is CCSCC[C@H](N)C(=O)Oc1ccc(N(C)NC)cc1. The zero-order chi connectivity index (χ0) is 15.0. The van der Waals surface area contributed by atoms with Crippen LogP contribution in [0.25, 0.3) is 0 Å². The maximum absolute atomic E-state index is 11.8. The molecule has 0 saturated carbocycles. The second-order valence-electron chi connectivity index (χ2n) is 4.29. The maximum Gasteiger partial charge on any atom is 0.328 e. The quantitative estimate of drug-likeness (QED) is 0.329. The van der Waals surface area contributed by atoms with Crippen molar-refractivity contribution in [1.82, 2.24) is 5.43 Å². The van der Waals surface area contributed by atoms with Crippen LogP contribution in [0.5, 0.6) is 5.75 Å². The summed E-state index contributed by atoms with van der Waals surface area (Å²) in [7, 11) is 3.74. The van der Waals surface area contributed by atoms with Crippen LogP contribution in [0.15, 0.2) is 24.3 Å². The Morgan fingerprint density at radius 2 is 2.10 bits per heavy atom. The molecule has 0 unspecified atom stereocenters. The average molecular weight is 297 g/mol. The smallest absolute Gasteiger partial charge is 0.328 e. The molecule has 3 N–H and O–H groups in total. The Hall–Kier alpha value is -1.24.